The largest absolute Gasteiger partial charge is 0.497 e. The average Bonchev–Trinajstić information content (AvgIpc) is 2.43. The number of ether oxygens (including phenoxy) is 2. The summed E-state index contributed by atoms with van der Waals surface area (Å²) in [5.74, 6) is 0.0961. The molecule has 0 aliphatic heterocycles. The zero-order valence-corrected chi connectivity index (χ0v) is 11.7. The average molecular weight is 272 g/mol. The molecule has 0 saturated heterocycles. The van der Waals surface area contributed by atoms with Crippen molar-refractivity contribution in [1.82, 2.24) is 0 Å². The minimum atomic E-state index is -0.291. The summed E-state index contributed by atoms with van der Waals surface area (Å²) in [5.41, 5.74) is 1.79. The Balaban J connectivity index is 2.28. The second-order valence-corrected chi connectivity index (χ2v) is 4.71. The lowest BCUT2D eigenvalue weighted by molar-refractivity contribution is 0.0900. The first-order valence-corrected chi connectivity index (χ1v) is 6.28. The van der Waals surface area contributed by atoms with Crippen LogP contribution in [0.1, 0.15) is 34.6 Å². The highest BCUT2D eigenvalue weighted by molar-refractivity contribution is 6.23. The van der Waals surface area contributed by atoms with Gasteiger partial charge in [-0.2, -0.15) is 0 Å². The molecule has 4 heteroatoms. The third kappa shape index (κ3) is 2.79. The van der Waals surface area contributed by atoms with Crippen molar-refractivity contribution in [2.24, 2.45) is 0 Å². The van der Waals surface area contributed by atoms with Crippen LogP contribution in [0.3, 0.4) is 0 Å². The van der Waals surface area contributed by atoms with Crippen LogP contribution in [0.2, 0.25) is 0 Å². The van der Waals surface area contributed by atoms with Gasteiger partial charge in [0.1, 0.15) is 12.4 Å². The van der Waals surface area contributed by atoms with E-state index in [1.54, 1.807) is 18.2 Å². The Labute approximate surface area is 117 Å². The molecule has 1 aliphatic carbocycles. The predicted octanol–water partition coefficient (Wildman–Crippen LogP) is 2.94. The van der Waals surface area contributed by atoms with Crippen LogP contribution in [-0.4, -0.2) is 25.3 Å². The van der Waals surface area contributed by atoms with E-state index in [4.69, 9.17) is 9.47 Å². The van der Waals surface area contributed by atoms with E-state index >= 15 is 0 Å². The maximum Gasteiger partial charge on any atom is 0.228 e. The fraction of sp³-hybridized carbons (Fsp3) is 0.250. The van der Waals surface area contributed by atoms with Gasteiger partial charge in [-0.1, -0.05) is 5.57 Å². The van der Waals surface area contributed by atoms with Crippen LogP contribution in [0.25, 0.3) is 0 Å². The molecular weight excluding hydrogens is 256 g/mol. The standard InChI is InChI=1S/C16H16O4/c1-10(2)6-7-20-15-9-14(17)12-5-4-11(19-3)8-13(12)16(15)18/h4-6,8-9H,7H2,1-3H3. The second kappa shape index (κ2) is 5.74. The van der Waals surface area contributed by atoms with Crippen molar-refractivity contribution < 1.29 is 19.1 Å². The minimum Gasteiger partial charge on any atom is -0.497 e. The second-order valence-electron chi connectivity index (χ2n) is 4.71. The highest BCUT2D eigenvalue weighted by atomic mass is 16.5. The molecule has 0 unspecified atom stereocenters. The van der Waals surface area contributed by atoms with Crippen molar-refractivity contribution in [3.05, 3.63) is 52.8 Å². The van der Waals surface area contributed by atoms with Crippen LogP contribution in [0, 0.1) is 0 Å². The molecule has 1 aliphatic rings. The molecule has 0 spiro atoms. The SMILES string of the molecule is COc1ccc2c(c1)C(=O)C(OCC=C(C)C)=CC2=O. The summed E-state index contributed by atoms with van der Waals surface area (Å²) < 4.78 is 10.5. The van der Waals surface area contributed by atoms with Crippen LogP contribution in [-0.2, 0) is 4.74 Å². The molecule has 1 aromatic carbocycles. The summed E-state index contributed by atoms with van der Waals surface area (Å²) in [5, 5.41) is 0. The Morgan fingerprint density at radius 1 is 1.20 bits per heavy atom. The number of rotatable bonds is 4. The van der Waals surface area contributed by atoms with Gasteiger partial charge in [-0.05, 0) is 38.1 Å². The molecule has 0 atom stereocenters. The summed E-state index contributed by atoms with van der Waals surface area (Å²) in [6.07, 6.45) is 3.09. The van der Waals surface area contributed by atoms with Crippen LogP contribution in [0.15, 0.2) is 41.7 Å². The van der Waals surface area contributed by atoms with E-state index in [2.05, 4.69) is 0 Å². The van der Waals surface area contributed by atoms with Gasteiger partial charge in [0, 0.05) is 17.2 Å². The van der Waals surface area contributed by atoms with Crippen LogP contribution in [0.4, 0.5) is 0 Å². The number of fused-ring (bicyclic) bond motifs is 1. The zero-order chi connectivity index (χ0) is 14.7. The third-order valence-electron chi connectivity index (χ3n) is 2.95. The van der Waals surface area contributed by atoms with Crippen molar-refractivity contribution in [2.75, 3.05) is 13.7 Å². The van der Waals surface area contributed by atoms with Gasteiger partial charge < -0.3 is 9.47 Å². The number of hydrogen-bond acceptors (Lipinski definition) is 4. The van der Waals surface area contributed by atoms with Crippen LogP contribution in [0.5, 0.6) is 5.75 Å². The Kier molecular flexibility index (Phi) is 4.03. The smallest absolute Gasteiger partial charge is 0.228 e. The summed E-state index contributed by atoms with van der Waals surface area (Å²) in [7, 11) is 1.51. The first-order valence-electron chi connectivity index (χ1n) is 6.28. The molecule has 0 N–H and O–H groups in total. The highest BCUT2D eigenvalue weighted by Gasteiger charge is 2.27. The van der Waals surface area contributed by atoms with Crippen LogP contribution < -0.4 is 4.74 Å². The molecule has 104 valence electrons. The lowest BCUT2D eigenvalue weighted by Gasteiger charge is -2.16. The molecule has 0 amide bonds. The molecule has 0 aromatic heterocycles. The monoisotopic (exact) mass is 272 g/mol. The molecular formula is C16H16O4. The Hall–Kier alpha value is -2.36. The van der Waals surface area contributed by atoms with E-state index in [-0.39, 0.29) is 23.9 Å². The predicted molar refractivity (Wildman–Crippen MR) is 75.1 cm³/mol. The number of carbonyl (C=O) groups excluding carboxylic acids is 2. The fourth-order valence-corrected chi connectivity index (χ4v) is 1.85. The number of methoxy groups -OCH3 is 1. The van der Waals surface area contributed by atoms with E-state index in [1.807, 2.05) is 19.9 Å². The molecule has 4 nitrogen and oxygen atoms in total. The molecule has 2 rings (SSSR count). The maximum absolute atomic E-state index is 12.3. The van der Waals surface area contributed by atoms with Gasteiger partial charge in [0.25, 0.3) is 0 Å². The van der Waals surface area contributed by atoms with E-state index in [1.165, 1.54) is 13.2 Å². The van der Waals surface area contributed by atoms with Gasteiger partial charge >= 0.3 is 0 Å². The molecule has 0 saturated carbocycles. The zero-order valence-electron chi connectivity index (χ0n) is 11.7. The quantitative estimate of drug-likeness (QED) is 0.791. The van der Waals surface area contributed by atoms with Gasteiger partial charge in [0.15, 0.2) is 11.5 Å². The van der Waals surface area contributed by atoms with Crippen molar-refractivity contribution in [3.8, 4) is 5.75 Å². The number of allylic oxidation sites excluding steroid dienone is 3. The van der Waals surface area contributed by atoms with Gasteiger partial charge in [-0.25, -0.2) is 0 Å². The van der Waals surface area contributed by atoms with E-state index in [0.717, 1.165) is 5.57 Å². The summed E-state index contributed by atoms with van der Waals surface area (Å²) >= 11 is 0. The van der Waals surface area contributed by atoms with Crippen molar-refractivity contribution >= 4 is 11.6 Å². The maximum atomic E-state index is 12.3. The molecule has 0 radical (unpaired) electrons. The first-order chi connectivity index (χ1) is 9.52. The van der Waals surface area contributed by atoms with Crippen LogP contribution >= 0.6 is 0 Å². The van der Waals surface area contributed by atoms with Crippen molar-refractivity contribution in [3.63, 3.8) is 0 Å². The van der Waals surface area contributed by atoms with Gasteiger partial charge in [0.05, 0.1) is 7.11 Å². The van der Waals surface area contributed by atoms with E-state index < -0.39 is 0 Å². The summed E-state index contributed by atoms with van der Waals surface area (Å²) in [4.78, 5) is 24.3. The topological polar surface area (TPSA) is 52.6 Å². The Bertz CT molecular complexity index is 619. The van der Waals surface area contributed by atoms with Crippen molar-refractivity contribution in [1.29, 1.82) is 0 Å². The number of Topliss-reactive ketones (excluding diaryl/α,β-unsaturated/α-hetero) is 1. The van der Waals surface area contributed by atoms with E-state index in [0.29, 0.717) is 16.9 Å². The van der Waals surface area contributed by atoms with Gasteiger partial charge in [-0.15, -0.1) is 0 Å². The molecule has 0 heterocycles. The molecule has 1 aromatic rings. The Morgan fingerprint density at radius 3 is 2.60 bits per heavy atom. The molecule has 0 bridgehead atoms. The minimum absolute atomic E-state index is 0.0771. The normalized spacial score (nSPS) is 13.4. The van der Waals surface area contributed by atoms with Gasteiger partial charge in [-0.3, -0.25) is 9.59 Å². The number of carbonyl (C=O) groups is 2. The molecule has 0 fully saturated rings. The Morgan fingerprint density at radius 2 is 1.95 bits per heavy atom. The molecule has 20 heavy (non-hydrogen) atoms. The summed E-state index contributed by atoms with van der Waals surface area (Å²) in [6, 6.07) is 4.82. The third-order valence-corrected chi connectivity index (χ3v) is 2.95. The first kappa shape index (κ1) is 14.1. The highest BCUT2D eigenvalue weighted by Crippen LogP contribution is 2.25. The fourth-order valence-electron chi connectivity index (χ4n) is 1.85. The number of ketones is 2. The number of hydrogen-bond donors (Lipinski definition) is 0. The summed E-state index contributed by atoms with van der Waals surface area (Å²) in [6.45, 7) is 4.14. The lowest BCUT2D eigenvalue weighted by atomic mass is 9.93. The lowest BCUT2D eigenvalue weighted by Crippen LogP contribution is -2.19. The number of benzene rings is 1. The van der Waals surface area contributed by atoms with Gasteiger partial charge in [0.2, 0.25) is 5.78 Å². The van der Waals surface area contributed by atoms with E-state index in [9.17, 15) is 9.59 Å². The van der Waals surface area contributed by atoms with Crippen molar-refractivity contribution in [2.45, 2.75) is 13.8 Å².